The Morgan fingerprint density at radius 3 is 2.56 bits per heavy atom. The van der Waals surface area contributed by atoms with E-state index in [1.165, 1.54) is 15.6 Å². The van der Waals surface area contributed by atoms with Gasteiger partial charge in [0, 0.05) is 42.8 Å². The van der Waals surface area contributed by atoms with E-state index in [0.29, 0.717) is 41.5 Å². The zero-order valence-electron chi connectivity index (χ0n) is 13.6. The molecular weight excluding hydrogens is 362 g/mol. The van der Waals surface area contributed by atoms with Gasteiger partial charge in [-0.1, -0.05) is 0 Å². The van der Waals surface area contributed by atoms with Crippen molar-refractivity contribution in [2.24, 2.45) is 0 Å². The third-order valence-electron chi connectivity index (χ3n) is 4.32. The number of H-pyrrole nitrogens is 1. The number of thiophene rings is 1. The van der Waals surface area contributed by atoms with Crippen LogP contribution >= 0.6 is 11.3 Å². The SMILES string of the molecule is Cc1ccc(S(=O)(=O)N2CCN(c3ccc4[nH]c(=O)oc4c3)CC2)s1. The molecule has 1 aliphatic heterocycles. The lowest BCUT2D eigenvalue weighted by molar-refractivity contribution is 0.386. The van der Waals surface area contributed by atoms with Crippen molar-refractivity contribution < 1.29 is 12.8 Å². The Balaban J connectivity index is 1.51. The Morgan fingerprint density at radius 2 is 1.88 bits per heavy atom. The van der Waals surface area contributed by atoms with E-state index in [1.54, 1.807) is 18.2 Å². The molecule has 0 saturated carbocycles. The summed E-state index contributed by atoms with van der Waals surface area (Å²) in [5.41, 5.74) is 2.08. The molecule has 0 aliphatic carbocycles. The minimum Gasteiger partial charge on any atom is -0.408 e. The standard InChI is InChI=1S/C16H17N3O4S2/c1-11-2-5-15(24-11)25(21,22)19-8-6-18(7-9-19)12-3-4-13-14(10-12)23-16(20)17-13/h2-5,10H,6-9H2,1H3,(H,17,20). The molecule has 9 heteroatoms. The molecule has 1 aliphatic rings. The van der Waals surface area contributed by atoms with Crippen LogP contribution in [0.3, 0.4) is 0 Å². The van der Waals surface area contributed by atoms with Gasteiger partial charge in [0.25, 0.3) is 10.0 Å². The fourth-order valence-corrected chi connectivity index (χ4v) is 5.86. The summed E-state index contributed by atoms with van der Waals surface area (Å²) >= 11 is 1.30. The highest BCUT2D eigenvalue weighted by Crippen LogP contribution is 2.27. The number of aryl methyl sites for hydroxylation is 1. The van der Waals surface area contributed by atoms with Crippen LogP contribution in [-0.4, -0.2) is 43.9 Å². The predicted molar refractivity (Wildman–Crippen MR) is 96.9 cm³/mol. The number of anilines is 1. The van der Waals surface area contributed by atoms with Crippen LogP contribution in [0, 0.1) is 6.92 Å². The fraction of sp³-hybridized carbons (Fsp3) is 0.312. The Labute approximate surface area is 148 Å². The van der Waals surface area contributed by atoms with Crippen LogP contribution in [0.4, 0.5) is 5.69 Å². The van der Waals surface area contributed by atoms with Crippen LogP contribution in [0.2, 0.25) is 0 Å². The molecular formula is C16H17N3O4S2. The van der Waals surface area contributed by atoms with Crippen molar-refractivity contribution >= 4 is 38.1 Å². The van der Waals surface area contributed by atoms with E-state index in [2.05, 4.69) is 9.88 Å². The number of oxazole rings is 1. The van der Waals surface area contributed by atoms with Gasteiger partial charge in [-0.15, -0.1) is 11.3 Å². The summed E-state index contributed by atoms with van der Waals surface area (Å²) in [4.78, 5) is 16.9. The van der Waals surface area contributed by atoms with Crippen molar-refractivity contribution in [3.63, 3.8) is 0 Å². The molecule has 7 nitrogen and oxygen atoms in total. The van der Waals surface area contributed by atoms with Crippen LogP contribution in [0.5, 0.6) is 0 Å². The Hall–Kier alpha value is -2.10. The number of rotatable bonds is 3. The average molecular weight is 379 g/mol. The summed E-state index contributed by atoms with van der Waals surface area (Å²) in [7, 11) is -3.42. The van der Waals surface area contributed by atoms with Gasteiger partial charge in [-0.2, -0.15) is 4.31 Å². The fourth-order valence-electron chi connectivity index (χ4n) is 3.00. The van der Waals surface area contributed by atoms with Gasteiger partial charge in [-0.3, -0.25) is 4.98 Å². The molecule has 1 N–H and O–H groups in total. The van der Waals surface area contributed by atoms with Crippen molar-refractivity contribution in [1.82, 2.24) is 9.29 Å². The van der Waals surface area contributed by atoms with E-state index in [-0.39, 0.29) is 0 Å². The van der Waals surface area contributed by atoms with Crippen molar-refractivity contribution in [2.75, 3.05) is 31.1 Å². The van der Waals surface area contributed by atoms with Crippen LogP contribution in [-0.2, 0) is 10.0 Å². The highest BCUT2D eigenvalue weighted by Gasteiger charge is 2.29. The maximum absolute atomic E-state index is 12.7. The molecule has 1 saturated heterocycles. The molecule has 1 fully saturated rings. The van der Waals surface area contributed by atoms with Gasteiger partial charge in [-0.05, 0) is 31.2 Å². The molecule has 1 aromatic carbocycles. The number of fused-ring (bicyclic) bond motifs is 1. The second-order valence-electron chi connectivity index (χ2n) is 5.95. The number of piperazine rings is 1. The Kier molecular flexibility index (Phi) is 3.94. The first-order valence-electron chi connectivity index (χ1n) is 7.88. The largest absolute Gasteiger partial charge is 0.417 e. The molecule has 4 rings (SSSR count). The predicted octanol–water partition coefficient (Wildman–Crippen LogP) is 2.00. The zero-order chi connectivity index (χ0) is 17.6. The van der Waals surface area contributed by atoms with Gasteiger partial charge in [0.15, 0.2) is 5.58 Å². The topological polar surface area (TPSA) is 86.6 Å². The number of nitrogens with zero attached hydrogens (tertiary/aromatic N) is 2. The molecule has 3 aromatic rings. The zero-order valence-corrected chi connectivity index (χ0v) is 15.2. The van der Waals surface area contributed by atoms with Crippen LogP contribution in [0.1, 0.15) is 4.88 Å². The Morgan fingerprint density at radius 1 is 1.12 bits per heavy atom. The van der Waals surface area contributed by atoms with Gasteiger partial charge in [0.1, 0.15) is 4.21 Å². The summed E-state index contributed by atoms with van der Waals surface area (Å²) in [6, 6.07) is 9.00. The van der Waals surface area contributed by atoms with Crippen molar-refractivity contribution in [3.05, 3.63) is 45.8 Å². The van der Waals surface area contributed by atoms with E-state index in [1.807, 2.05) is 19.1 Å². The summed E-state index contributed by atoms with van der Waals surface area (Å²) in [6.45, 7) is 3.92. The number of benzene rings is 1. The third kappa shape index (κ3) is 2.99. The minimum atomic E-state index is -3.42. The molecule has 0 atom stereocenters. The highest BCUT2D eigenvalue weighted by atomic mass is 32.2. The number of hydrogen-bond acceptors (Lipinski definition) is 6. The number of nitrogens with one attached hydrogen (secondary N) is 1. The first-order valence-corrected chi connectivity index (χ1v) is 10.1. The van der Waals surface area contributed by atoms with E-state index in [9.17, 15) is 13.2 Å². The van der Waals surface area contributed by atoms with Gasteiger partial charge >= 0.3 is 5.76 Å². The molecule has 0 bridgehead atoms. The molecule has 0 unspecified atom stereocenters. The normalized spacial score (nSPS) is 16.6. The molecule has 3 heterocycles. The van der Waals surface area contributed by atoms with Crippen LogP contribution < -0.4 is 10.7 Å². The number of aromatic amines is 1. The highest BCUT2D eigenvalue weighted by molar-refractivity contribution is 7.91. The molecule has 0 radical (unpaired) electrons. The molecule has 0 spiro atoms. The van der Waals surface area contributed by atoms with Gasteiger partial charge < -0.3 is 9.32 Å². The van der Waals surface area contributed by atoms with Crippen molar-refractivity contribution in [2.45, 2.75) is 11.1 Å². The van der Waals surface area contributed by atoms with Gasteiger partial charge in [0.2, 0.25) is 0 Å². The maximum atomic E-state index is 12.7. The molecule has 0 amide bonds. The van der Waals surface area contributed by atoms with Crippen LogP contribution in [0.25, 0.3) is 11.1 Å². The quantitative estimate of drug-likeness (QED) is 0.752. The Bertz CT molecular complexity index is 1070. The number of hydrogen-bond donors (Lipinski definition) is 1. The summed E-state index contributed by atoms with van der Waals surface area (Å²) in [5, 5.41) is 0. The third-order valence-corrected chi connectivity index (χ3v) is 7.68. The first kappa shape index (κ1) is 16.4. The smallest absolute Gasteiger partial charge is 0.408 e. The van der Waals surface area contributed by atoms with Gasteiger partial charge in [0.05, 0.1) is 5.52 Å². The van der Waals surface area contributed by atoms with Crippen molar-refractivity contribution in [3.8, 4) is 0 Å². The summed E-state index contributed by atoms with van der Waals surface area (Å²) in [6.07, 6.45) is 0. The molecule has 132 valence electrons. The van der Waals surface area contributed by atoms with Gasteiger partial charge in [-0.25, -0.2) is 13.2 Å². The lowest BCUT2D eigenvalue weighted by Gasteiger charge is -2.35. The lowest BCUT2D eigenvalue weighted by atomic mass is 10.2. The minimum absolute atomic E-state index is 0.397. The van der Waals surface area contributed by atoms with Crippen LogP contribution in [0.15, 0.2) is 43.8 Å². The van der Waals surface area contributed by atoms with E-state index in [4.69, 9.17) is 4.42 Å². The summed E-state index contributed by atoms with van der Waals surface area (Å²) in [5.74, 6) is -0.477. The molecule has 25 heavy (non-hydrogen) atoms. The second kappa shape index (κ2) is 6.01. The summed E-state index contributed by atoms with van der Waals surface area (Å²) < 4.78 is 32.4. The number of sulfonamides is 1. The van der Waals surface area contributed by atoms with E-state index >= 15 is 0 Å². The first-order chi connectivity index (χ1) is 11.9. The van der Waals surface area contributed by atoms with Crippen molar-refractivity contribution in [1.29, 1.82) is 0 Å². The second-order valence-corrected chi connectivity index (χ2v) is 9.40. The maximum Gasteiger partial charge on any atom is 0.417 e. The van der Waals surface area contributed by atoms with E-state index < -0.39 is 15.8 Å². The monoisotopic (exact) mass is 379 g/mol. The number of aromatic nitrogens is 1. The van der Waals surface area contributed by atoms with E-state index in [0.717, 1.165) is 10.6 Å². The average Bonchev–Trinajstić information content (AvgIpc) is 3.19. The molecule has 2 aromatic heterocycles. The lowest BCUT2D eigenvalue weighted by Crippen LogP contribution is -2.48.